The topological polar surface area (TPSA) is 72.5 Å². The van der Waals surface area contributed by atoms with Gasteiger partial charge in [-0.2, -0.15) is 8.78 Å². The summed E-state index contributed by atoms with van der Waals surface area (Å²) in [6.45, 7) is -3.05. The van der Waals surface area contributed by atoms with Crippen molar-refractivity contribution >= 4 is 21.4 Å². The lowest BCUT2D eigenvalue weighted by Crippen LogP contribution is -2.25. The number of halogens is 2. The molecular weight excluding hydrogens is 364 g/mol. The molecule has 0 radical (unpaired) electrons. The first-order chi connectivity index (χ1) is 12.4. The van der Waals surface area contributed by atoms with E-state index in [1.807, 2.05) is 30.3 Å². The highest BCUT2D eigenvalue weighted by Crippen LogP contribution is 2.25. The van der Waals surface area contributed by atoms with Crippen LogP contribution in [0.3, 0.4) is 0 Å². The Labute approximate surface area is 150 Å². The van der Waals surface area contributed by atoms with Gasteiger partial charge in [-0.05, 0) is 30.5 Å². The fourth-order valence-electron chi connectivity index (χ4n) is 2.37. The largest absolute Gasteiger partial charge is 0.433 e. The van der Waals surface area contributed by atoms with Crippen LogP contribution in [0.5, 0.6) is 5.75 Å². The standard InChI is InChI=1S/C18H19F2NO4S/c19-18(20)25-16-11-5-4-10-15(16)21-17(22)13-26(23,24)12-6-9-14-7-2-1-3-8-14/h1-5,7-8,10-11,18H,6,9,12-13H2,(H,21,22). The molecule has 0 aromatic heterocycles. The van der Waals surface area contributed by atoms with Crippen molar-refractivity contribution in [3.63, 3.8) is 0 Å². The second-order valence-corrected chi connectivity index (χ2v) is 7.79. The van der Waals surface area contributed by atoms with Crippen LogP contribution in [0.1, 0.15) is 12.0 Å². The summed E-state index contributed by atoms with van der Waals surface area (Å²) in [6.07, 6.45) is 0.984. The summed E-state index contributed by atoms with van der Waals surface area (Å²) in [5.41, 5.74) is 1.02. The molecule has 2 rings (SSSR count). The van der Waals surface area contributed by atoms with Crippen LogP contribution in [-0.2, 0) is 21.1 Å². The molecule has 0 spiro atoms. The number of alkyl halides is 2. The molecule has 5 nitrogen and oxygen atoms in total. The van der Waals surface area contributed by atoms with Crippen LogP contribution in [0.25, 0.3) is 0 Å². The maximum atomic E-state index is 12.4. The molecule has 0 saturated heterocycles. The Morgan fingerprint density at radius 1 is 1.04 bits per heavy atom. The maximum Gasteiger partial charge on any atom is 0.387 e. The quantitative estimate of drug-likeness (QED) is 0.721. The highest BCUT2D eigenvalue weighted by Gasteiger charge is 2.18. The van der Waals surface area contributed by atoms with Gasteiger partial charge in [0.05, 0.1) is 11.4 Å². The molecule has 8 heteroatoms. The average Bonchev–Trinajstić information content (AvgIpc) is 2.56. The van der Waals surface area contributed by atoms with E-state index in [4.69, 9.17) is 0 Å². The van der Waals surface area contributed by atoms with Crippen molar-refractivity contribution in [2.75, 3.05) is 16.8 Å². The van der Waals surface area contributed by atoms with E-state index in [0.717, 1.165) is 5.56 Å². The number of anilines is 1. The molecule has 0 saturated carbocycles. The number of ether oxygens (including phenoxy) is 1. The van der Waals surface area contributed by atoms with E-state index < -0.39 is 28.1 Å². The van der Waals surface area contributed by atoms with Gasteiger partial charge < -0.3 is 10.1 Å². The molecule has 0 bridgehead atoms. The molecule has 0 unspecified atom stereocenters. The van der Waals surface area contributed by atoms with Crippen molar-refractivity contribution in [3.8, 4) is 5.75 Å². The van der Waals surface area contributed by atoms with Crippen molar-refractivity contribution in [1.29, 1.82) is 0 Å². The van der Waals surface area contributed by atoms with Crippen molar-refractivity contribution < 1.29 is 26.7 Å². The minimum Gasteiger partial charge on any atom is -0.433 e. The number of rotatable bonds is 9. The van der Waals surface area contributed by atoms with Gasteiger partial charge in [-0.15, -0.1) is 0 Å². The number of benzene rings is 2. The number of aryl methyl sites for hydroxylation is 1. The summed E-state index contributed by atoms with van der Waals surface area (Å²) in [5, 5.41) is 2.30. The first-order valence-electron chi connectivity index (χ1n) is 7.94. The third-order valence-corrected chi connectivity index (χ3v) is 5.10. The lowest BCUT2D eigenvalue weighted by atomic mass is 10.1. The number of carbonyl (C=O) groups excluding carboxylic acids is 1. The lowest BCUT2D eigenvalue weighted by molar-refractivity contribution is -0.114. The molecule has 0 aliphatic heterocycles. The maximum absolute atomic E-state index is 12.4. The van der Waals surface area contributed by atoms with Crippen molar-refractivity contribution in [3.05, 3.63) is 60.2 Å². The fourth-order valence-corrected chi connectivity index (χ4v) is 3.57. The third-order valence-electron chi connectivity index (χ3n) is 3.49. The van der Waals surface area contributed by atoms with Gasteiger partial charge >= 0.3 is 6.61 Å². The van der Waals surface area contributed by atoms with E-state index >= 15 is 0 Å². The zero-order valence-corrected chi connectivity index (χ0v) is 14.7. The molecule has 2 aromatic carbocycles. The number of carbonyl (C=O) groups is 1. The lowest BCUT2D eigenvalue weighted by Gasteiger charge is -2.11. The number of hydrogen-bond donors (Lipinski definition) is 1. The molecule has 2 aromatic rings. The van der Waals surface area contributed by atoms with Crippen LogP contribution in [-0.4, -0.2) is 32.4 Å². The summed E-state index contributed by atoms with van der Waals surface area (Å²) in [7, 11) is -3.61. The number of amides is 1. The Hall–Kier alpha value is -2.48. The summed E-state index contributed by atoms with van der Waals surface area (Å²) in [4.78, 5) is 12.0. The minimum atomic E-state index is -3.61. The Morgan fingerprint density at radius 2 is 1.69 bits per heavy atom. The molecular formula is C18H19F2NO4S. The van der Waals surface area contributed by atoms with Gasteiger partial charge in [-0.1, -0.05) is 42.5 Å². The highest BCUT2D eigenvalue weighted by atomic mass is 32.2. The number of sulfone groups is 1. The van der Waals surface area contributed by atoms with Gasteiger partial charge in [0.25, 0.3) is 0 Å². The highest BCUT2D eigenvalue weighted by molar-refractivity contribution is 7.92. The van der Waals surface area contributed by atoms with Crippen molar-refractivity contribution in [1.82, 2.24) is 0 Å². The third kappa shape index (κ3) is 6.79. The Balaban J connectivity index is 1.88. The predicted octanol–water partition coefficient (Wildman–Crippen LogP) is 3.27. The zero-order chi connectivity index (χ0) is 19.0. The monoisotopic (exact) mass is 383 g/mol. The SMILES string of the molecule is O=C(CS(=O)(=O)CCCc1ccccc1)Nc1ccccc1OC(F)F. The van der Waals surface area contributed by atoms with Gasteiger partial charge in [0.2, 0.25) is 5.91 Å². The molecule has 0 heterocycles. The second-order valence-electron chi connectivity index (χ2n) is 5.60. The molecule has 26 heavy (non-hydrogen) atoms. The minimum absolute atomic E-state index is 0.00251. The summed E-state index contributed by atoms with van der Waals surface area (Å²) >= 11 is 0. The molecule has 140 valence electrons. The average molecular weight is 383 g/mol. The van der Waals surface area contributed by atoms with E-state index in [2.05, 4.69) is 10.1 Å². The Morgan fingerprint density at radius 3 is 2.38 bits per heavy atom. The van der Waals surface area contributed by atoms with Gasteiger partial charge in [0.15, 0.2) is 9.84 Å². The first kappa shape index (κ1) is 19.8. The first-order valence-corrected chi connectivity index (χ1v) is 9.76. The molecule has 0 aliphatic carbocycles. The molecule has 0 fully saturated rings. The molecule has 0 aliphatic rings. The van der Waals surface area contributed by atoms with Crippen LogP contribution in [0, 0.1) is 0 Å². The van der Waals surface area contributed by atoms with Crippen LogP contribution < -0.4 is 10.1 Å². The van der Waals surface area contributed by atoms with E-state index in [-0.39, 0.29) is 17.2 Å². The van der Waals surface area contributed by atoms with E-state index in [1.54, 1.807) is 0 Å². The van der Waals surface area contributed by atoms with E-state index in [0.29, 0.717) is 12.8 Å². The van der Waals surface area contributed by atoms with Crippen LogP contribution in [0.2, 0.25) is 0 Å². The van der Waals surface area contributed by atoms with Crippen molar-refractivity contribution in [2.45, 2.75) is 19.5 Å². The van der Waals surface area contributed by atoms with Crippen molar-refractivity contribution in [2.24, 2.45) is 0 Å². The van der Waals surface area contributed by atoms with Crippen LogP contribution in [0.15, 0.2) is 54.6 Å². The van der Waals surface area contributed by atoms with E-state index in [9.17, 15) is 22.0 Å². The summed E-state index contributed by atoms with van der Waals surface area (Å²) < 4.78 is 53.2. The second kappa shape index (κ2) is 9.28. The number of hydrogen-bond acceptors (Lipinski definition) is 4. The molecule has 0 atom stereocenters. The molecule has 1 N–H and O–H groups in total. The number of nitrogens with one attached hydrogen (secondary N) is 1. The Bertz CT molecular complexity index is 826. The Kier molecular flexibility index (Phi) is 7.08. The smallest absolute Gasteiger partial charge is 0.387 e. The van der Waals surface area contributed by atoms with Gasteiger partial charge in [0.1, 0.15) is 11.5 Å². The van der Waals surface area contributed by atoms with E-state index in [1.165, 1.54) is 24.3 Å². The van der Waals surface area contributed by atoms with Gasteiger partial charge in [-0.25, -0.2) is 8.42 Å². The fraction of sp³-hybridized carbons (Fsp3) is 0.278. The van der Waals surface area contributed by atoms with Gasteiger partial charge in [0, 0.05) is 0 Å². The number of para-hydroxylation sites is 2. The van der Waals surface area contributed by atoms with Gasteiger partial charge in [-0.3, -0.25) is 4.79 Å². The predicted molar refractivity (Wildman–Crippen MR) is 95.1 cm³/mol. The van der Waals surface area contributed by atoms with Crippen LogP contribution >= 0.6 is 0 Å². The molecule has 1 amide bonds. The summed E-state index contributed by atoms with van der Waals surface area (Å²) in [5.74, 6) is -1.87. The van der Waals surface area contributed by atoms with Crippen LogP contribution in [0.4, 0.5) is 14.5 Å². The summed E-state index contributed by atoms with van der Waals surface area (Å²) in [6, 6.07) is 15.0. The normalized spacial score (nSPS) is 11.3. The zero-order valence-electron chi connectivity index (χ0n) is 13.9.